The number of carboxylic acids is 1. The third-order valence-electron chi connectivity index (χ3n) is 2.74. The van der Waals surface area contributed by atoms with E-state index < -0.39 is 11.9 Å². The molecule has 0 saturated heterocycles. The number of carboxylic acid groups (broad SMARTS) is 1. The molecule has 0 atom stereocenters. The molecule has 1 aromatic rings. The molecule has 0 spiro atoms. The number of aromatic nitrogens is 1. The average Bonchev–Trinajstić information content (AvgIpc) is 2.39. The van der Waals surface area contributed by atoms with Gasteiger partial charge in [0.05, 0.1) is 18.6 Å². The van der Waals surface area contributed by atoms with Crippen molar-refractivity contribution in [3.8, 4) is 0 Å². The van der Waals surface area contributed by atoms with E-state index in [-0.39, 0.29) is 12.5 Å². The molecule has 1 rings (SSSR count). The van der Waals surface area contributed by atoms with E-state index >= 15 is 0 Å². The van der Waals surface area contributed by atoms with Crippen LogP contribution in [0.25, 0.3) is 0 Å². The maximum absolute atomic E-state index is 11.5. The topological polar surface area (TPSA) is 79.7 Å². The Hall–Kier alpha value is -2.11. The average molecular weight is 280 g/mol. The number of nitrogens with zero attached hydrogens (tertiary/aromatic N) is 2. The Morgan fingerprint density at radius 3 is 2.55 bits per heavy atom. The summed E-state index contributed by atoms with van der Waals surface area (Å²) >= 11 is 0. The standard InChI is InChI=1S/C14H20N2O4/c1-4-20-14(19)11-5-6-12(15-9-11)16(10(2)3)8-7-13(17)18/h5-6,9-10H,4,7-8H2,1-3H3,(H,17,18). The number of esters is 1. The Kier molecular flexibility index (Phi) is 5.96. The van der Waals surface area contributed by atoms with Crippen LogP contribution in [0.1, 0.15) is 37.6 Å². The SMILES string of the molecule is CCOC(=O)c1ccc(N(CCC(=O)O)C(C)C)nc1. The van der Waals surface area contributed by atoms with Crippen LogP contribution < -0.4 is 4.90 Å². The van der Waals surface area contributed by atoms with Crippen LogP contribution in [-0.4, -0.2) is 41.2 Å². The van der Waals surface area contributed by atoms with Crippen LogP contribution in [0.15, 0.2) is 18.3 Å². The minimum absolute atomic E-state index is 0.0412. The number of anilines is 1. The number of hydrogen-bond donors (Lipinski definition) is 1. The maximum Gasteiger partial charge on any atom is 0.339 e. The van der Waals surface area contributed by atoms with Crippen LogP contribution >= 0.6 is 0 Å². The Morgan fingerprint density at radius 2 is 2.10 bits per heavy atom. The van der Waals surface area contributed by atoms with Crippen LogP contribution in [0.5, 0.6) is 0 Å². The van der Waals surface area contributed by atoms with Crippen molar-refractivity contribution in [1.29, 1.82) is 0 Å². The lowest BCUT2D eigenvalue weighted by Crippen LogP contribution is -2.33. The zero-order chi connectivity index (χ0) is 15.1. The number of aliphatic carboxylic acids is 1. The van der Waals surface area contributed by atoms with Gasteiger partial charge in [0.2, 0.25) is 0 Å². The summed E-state index contributed by atoms with van der Waals surface area (Å²) in [5, 5.41) is 8.76. The van der Waals surface area contributed by atoms with Gasteiger partial charge in [-0.1, -0.05) is 0 Å². The largest absolute Gasteiger partial charge is 0.481 e. The van der Waals surface area contributed by atoms with Crippen molar-refractivity contribution in [1.82, 2.24) is 4.98 Å². The molecular formula is C14H20N2O4. The Labute approximate surface area is 118 Å². The van der Waals surface area contributed by atoms with Gasteiger partial charge in [-0.05, 0) is 32.9 Å². The Bertz CT molecular complexity index is 457. The highest BCUT2D eigenvalue weighted by Gasteiger charge is 2.14. The molecule has 0 radical (unpaired) electrons. The smallest absolute Gasteiger partial charge is 0.339 e. The first-order valence-corrected chi connectivity index (χ1v) is 6.57. The molecule has 6 heteroatoms. The summed E-state index contributed by atoms with van der Waals surface area (Å²) in [6, 6.07) is 3.46. The van der Waals surface area contributed by atoms with Gasteiger partial charge in [0.25, 0.3) is 0 Å². The summed E-state index contributed by atoms with van der Waals surface area (Å²) in [6.45, 7) is 6.35. The summed E-state index contributed by atoms with van der Waals surface area (Å²) in [5.74, 6) is -0.610. The fourth-order valence-corrected chi connectivity index (χ4v) is 1.74. The third-order valence-corrected chi connectivity index (χ3v) is 2.74. The molecule has 0 aliphatic heterocycles. The fourth-order valence-electron chi connectivity index (χ4n) is 1.74. The lowest BCUT2D eigenvalue weighted by atomic mass is 10.2. The molecule has 0 saturated carbocycles. The molecule has 6 nitrogen and oxygen atoms in total. The minimum Gasteiger partial charge on any atom is -0.481 e. The van der Waals surface area contributed by atoms with Crippen LogP contribution in [0.2, 0.25) is 0 Å². The van der Waals surface area contributed by atoms with E-state index in [1.807, 2.05) is 18.7 Å². The minimum atomic E-state index is -0.848. The van der Waals surface area contributed by atoms with Crippen molar-refractivity contribution >= 4 is 17.8 Å². The van der Waals surface area contributed by atoms with Gasteiger partial charge in [-0.2, -0.15) is 0 Å². The van der Waals surface area contributed by atoms with Crippen molar-refractivity contribution in [2.24, 2.45) is 0 Å². The van der Waals surface area contributed by atoms with Gasteiger partial charge in [0.1, 0.15) is 5.82 Å². The number of rotatable bonds is 7. The van der Waals surface area contributed by atoms with Gasteiger partial charge in [-0.3, -0.25) is 4.79 Å². The molecule has 0 aliphatic carbocycles. The molecule has 1 heterocycles. The molecule has 0 fully saturated rings. The monoisotopic (exact) mass is 280 g/mol. The highest BCUT2D eigenvalue weighted by Crippen LogP contribution is 2.15. The first-order chi connectivity index (χ1) is 9.45. The van der Waals surface area contributed by atoms with Gasteiger partial charge in [0, 0.05) is 18.8 Å². The molecule has 1 aromatic heterocycles. The molecule has 0 bridgehead atoms. The summed E-state index contributed by atoms with van der Waals surface area (Å²) in [7, 11) is 0. The van der Waals surface area contributed by atoms with Crippen molar-refractivity contribution in [2.45, 2.75) is 33.2 Å². The molecule has 0 aromatic carbocycles. The van der Waals surface area contributed by atoms with E-state index in [0.717, 1.165) is 0 Å². The summed E-state index contributed by atoms with van der Waals surface area (Å²) in [6.07, 6.45) is 1.49. The van der Waals surface area contributed by atoms with E-state index in [0.29, 0.717) is 24.5 Å². The van der Waals surface area contributed by atoms with E-state index in [1.54, 1.807) is 19.1 Å². The van der Waals surface area contributed by atoms with Gasteiger partial charge in [0.15, 0.2) is 0 Å². The van der Waals surface area contributed by atoms with E-state index in [1.165, 1.54) is 6.20 Å². The predicted molar refractivity (Wildman–Crippen MR) is 74.9 cm³/mol. The van der Waals surface area contributed by atoms with Crippen LogP contribution in [0, 0.1) is 0 Å². The zero-order valence-corrected chi connectivity index (χ0v) is 12.0. The van der Waals surface area contributed by atoms with Gasteiger partial charge in [-0.15, -0.1) is 0 Å². The second kappa shape index (κ2) is 7.47. The van der Waals surface area contributed by atoms with Gasteiger partial charge < -0.3 is 14.7 Å². The van der Waals surface area contributed by atoms with Crippen molar-refractivity contribution in [2.75, 3.05) is 18.1 Å². The lowest BCUT2D eigenvalue weighted by molar-refractivity contribution is -0.136. The number of pyridine rings is 1. The molecule has 0 amide bonds. The summed E-state index contributed by atoms with van der Waals surface area (Å²) in [5.41, 5.74) is 0.387. The van der Waals surface area contributed by atoms with Crippen LogP contribution in [0.3, 0.4) is 0 Å². The molecular weight excluding hydrogens is 260 g/mol. The normalized spacial score (nSPS) is 10.4. The molecule has 1 N–H and O–H groups in total. The van der Waals surface area contributed by atoms with Crippen molar-refractivity contribution in [3.05, 3.63) is 23.9 Å². The summed E-state index contributed by atoms with van der Waals surface area (Å²) in [4.78, 5) is 28.3. The lowest BCUT2D eigenvalue weighted by Gasteiger charge is -2.27. The van der Waals surface area contributed by atoms with Crippen molar-refractivity contribution < 1.29 is 19.4 Å². The first kappa shape index (κ1) is 15.9. The second-order valence-electron chi connectivity index (χ2n) is 4.56. The second-order valence-corrected chi connectivity index (χ2v) is 4.56. The number of carbonyl (C=O) groups is 2. The van der Waals surface area contributed by atoms with Crippen LogP contribution in [0.4, 0.5) is 5.82 Å². The van der Waals surface area contributed by atoms with Gasteiger partial charge >= 0.3 is 11.9 Å². The Balaban J connectivity index is 2.82. The maximum atomic E-state index is 11.5. The Morgan fingerprint density at radius 1 is 1.40 bits per heavy atom. The van der Waals surface area contributed by atoms with E-state index in [2.05, 4.69) is 4.98 Å². The zero-order valence-electron chi connectivity index (χ0n) is 12.0. The first-order valence-electron chi connectivity index (χ1n) is 6.57. The van der Waals surface area contributed by atoms with Crippen LogP contribution in [-0.2, 0) is 9.53 Å². The highest BCUT2D eigenvalue weighted by molar-refractivity contribution is 5.89. The quantitative estimate of drug-likeness (QED) is 0.769. The number of carbonyl (C=O) groups excluding carboxylic acids is 1. The molecule has 110 valence electrons. The number of ether oxygens (including phenoxy) is 1. The van der Waals surface area contributed by atoms with E-state index in [4.69, 9.17) is 9.84 Å². The third kappa shape index (κ3) is 4.53. The summed E-state index contributed by atoms with van der Waals surface area (Å²) < 4.78 is 4.88. The predicted octanol–water partition coefficient (Wildman–Crippen LogP) is 1.95. The van der Waals surface area contributed by atoms with Crippen molar-refractivity contribution in [3.63, 3.8) is 0 Å². The highest BCUT2D eigenvalue weighted by atomic mass is 16.5. The fraction of sp³-hybridized carbons (Fsp3) is 0.500. The molecule has 0 aliphatic rings. The van der Waals surface area contributed by atoms with Gasteiger partial charge in [-0.25, -0.2) is 9.78 Å². The molecule has 20 heavy (non-hydrogen) atoms. The molecule has 0 unspecified atom stereocenters. The van der Waals surface area contributed by atoms with E-state index in [9.17, 15) is 9.59 Å². The number of hydrogen-bond acceptors (Lipinski definition) is 5.